The molecule has 0 radical (unpaired) electrons. The summed E-state index contributed by atoms with van der Waals surface area (Å²) in [6, 6.07) is 5.10. The molecule has 2 aliphatic rings. The summed E-state index contributed by atoms with van der Waals surface area (Å²) in [6.45, 7) is 2.18. The van der Waals surface area contributed by atoms with Crippen molar-refractivity contribution < 1.29 is 9.72 Å². The summed E-state index contributed by atoms with van der Waals surface area (Å²) in [4.78, 5) is 27.3. The van der Waals surface area contributed by atoms with Gasteiger partial charge in [-0.1, -0.05) is 18.0 Å². The van der Waals surface area contributed by atoms with Crippen molar-refractivity contribution in [3.05, 3.63) is 33.3 Å². The Hall–Kier alpha value is -1.66. The maximum Gasteiger partial charge on any atom is 0.294 e. The second kappa shape index (κ2) is 6.84. The largest absolute Gasteiger partial charge is 0.306 e. The Balaban J connectivity index is 1.78. The number of amides is 1. The topological polar surface area (TPSA) is 66.7 Å². The molecule has 3 rings (SSSR count). The lowest BCUT2D eigenvalue weighted by molar-refractivity contribution is -0.384. The fourth-order valence-electron chi connectivity index (χ4n) is 3.29. The summed E-state index contributed by atoms with van der Waals surface area (Å²) < 4.78 is 0. The molecule has 0 bridgehead atoms. The first kappa shape index (κ1) is 16.2. The van der Waals surface area contributed by atoms with Crippen LogP contribution in [-0.2, 0) is 4.79 Å². The van der Waals surface area contributed by atoms with Crippen molar-refractivity contribution in [2.45, 2.75) is 38.1 Å². The van der Waals surface area contributed by atoms with Gasteiger partial charge in [0, 0.05) is 43.2 Å². The van der Waals surface area contributed by atoms with Crippen LogP contribution in [0.4, 0.5) is 11.4 Å². The van der Waals surface area contributed by atoms with Gasteiger partial charge in [0.05, 0.1) is 4.92 Å². The number of rotatable bonds is 3. The number of nitrogens with zero attached hydrogens (tertiary/aromatic N) is 3. The zero-order valence-corrected chi connectivity index (χ0v) is 13.7. The predicted octanol–water partition coefficient (Wildman–Crippen LogP) is 3.23. The summed E-state index contributed by atoms with van der Waals surface area (Å²) in [5, 5.41) is 11.6. The van der Waals surface area contributed by atoms with Crippen molar-refractivity contribution in [3.63, 3.8) is 0 Å². The van der Waals surface area contributed by atoms with E-state index in [4.69, 9.17) is 11.6 Å². The van der Waals surface area contributed by atoms with E-state index in [9.17, 15) is 14.9 Å². The molecule has 2 fully saturated rings. The molecule has 0 unspecified atom stereocenters. The third-order valence-electron chi connectivity index (χ3n) is 4.76. The van der Waals surface area contributed by atoms with Crippen LogP contribution in [0.25, 0.3) is 0 Å². The molecule has 7 heteroatoms. The van der Waals surface area contributed by atoms with Gasteiger partial charge in [0.25, 0.3) is 5.69 Å². The van der Waals surface area contributed by atoms with E-state index < -0.39 is 4.92 Å². The Kier molecular flexibility index (Phi) is 4.82. The third kappa shape index (κ3) is 3.48. The third-order valence-corrected chi connectivity index (χ3v) is 4.99. The van der Waals surface area contributed by atoms with Gasteiger partial charge in [0.1, 0.15) is 5.69 Å². The van der Waals surface area contributed by atoms with Crippen LogP contribution in [0.15, 0.2) is 18.2 Å². The molecule has 1 aromatic carbocycles. The van der Waals surface area contributed by atoms with Crippen LogP contribution >= 0.6 is 11.6 Å². The highest BCUT2D eigenvalue weighted by molar-refractivity contribution is 6.31. The fraction of sp³-hybridized carbons (Fsp3) is 0.562. The van der Waals surface area contributed by atoms with Gasteiger partial charge in [-0.3, -0.25) is 19.8 Å². The number of carbonyl (C=O) groups excluding carboxylic acids is 1. The minimum Gasteiger partial charge on any atom is -0.306 e. The number of hydrogen-bond donors (Lipinski definition) is 0. The highest BCUT2D eigenvalue weighted by Gasteiger charge is 2.30. The highest BCUT2D eigenvalue weighted by Crippen LogP contribution is 2.33. The van der Waals surface area contributed by atoms with Crippen LogP contribution in [0.2, 0.25) is 5.02 Å². The number of nitro benzene ring substituents is 1. The number of nitro groups is 1. The Bertz CT molecular complexity index is 619. The monoisotopic (exact) mass is 337 g/mol. The smallest absolute Gasteiger partial charge is 0.294 e. The zero-order chi connectivity index (χ0) is 16.4. The molecule has 1 aliphatic heterocycles. The summed E-state index contributed by atoms with van der Waals surface area (Å²) in [7, 11) is 0. The Morgan fingerprint density at radius 3 is 2.61 bits per heavy atom. The number of halogens is 1. The maximum absolute atomic E-state index is 12.5. The SMILES string of the molecule is O=C1CCN(C2CCC2)CCCN1c1ccc(Cl)cc1[N+](=O)[O-]. The zero-order valence-electron chi connectivity index (χ0n) is 12.9. The van der Waals surface area contributed by atoms with E-state index in [0.717, 1.165) is 19.5 Å². The number of anilines is 1. The van der Waals surface area contributed by atoms with Crippen molar-refractivity contribution in [1.82, 2.24) is 4.90 Å². The second-order valence-electron chi connectivity index (χ2n) is 6.16. The van der Waals surface area contributed by atoms with Crippen molar-refractivity contribution in [2.24, 2.45) is 0 Å². The van der Waals surface area contributed by atoms with E-state index in [1.165, 1.54) is 25.3 Å². The molecule has 23 heavy (non-hydrogen) atoms. The summed E-state index contributed by atoms with van der Waals surface area (Å²) in [5.41, 5.74) is 0.240. The standard InChI is InChI=1S/C16H20ClN3O3/c17-12-5-6-14(15(11-12)20(22)23)19-9-2-8-18(10-7-16(19)21)13-3-1-4-13/h5-6,11,13H,1-4,7-10H2. The second-order valence-corrected chi connectivity index (χ2v) is 6.60. The molecule has 0 spiro atoms. The van der Waals surface area contributed by atoms with Crippen molar-refractivity contribution >= 4 is 28.9 Å². The molecule has 0 atom stereocenters. The molecule has 1 aliphatic carbocycles. The minimum absolute atomic E-state index is 0.0561. The number of hydrogen-bond acceptors (Lipinski definition) is 4. The minimum atomic E-state index is -0.478. The van der Waals surface area contributed by atoms with Gasteiger partial charge in [-0.25, -0.2) is 0 Å². The van der Waals surface area contributed by atoms with Gasteiger partial charge in [0.2, 0.25) is 5.91 Å². The molecule has 0 N–H and O–H groups in total. The molecule has 1 saturated carbocycles. The molecule has 0 aromatic heterocycles. The molecule has 6 nitrogen and oxygen atoms in total. The average Bonchev–Trinajstić information content (AvgIpc) is 2.45. The van der Waals surface area contributed by atoms with Crippen LogP contribution in [0, 0.1) is 10.1 Å². The summed E-state index contributed by atoms with van der Waals surface area (Å²) in [6.07, 6.45) is 4.94. The average molecular weight is 338 g/mol. The predicted molar refractivity (Wildman–Crippen MR) is 88.9 cm³/mol. The Morgan fingerprint density at radius 1 is 1.17 bits per heavy atom. The fourth-order valence-corrected chi connectivity index (χ4v) is 3.45. The first-order chi connectivity index (χ1) is 11.1. The Labute approximate surface area is 140 Å². The number of carbonyl (C=O) groups is 1. The van der Waals surface area contributed by atoms with Gasteiger partial charge < -0.3 is 4.90 Å². The van der Waals surface area contributed by atoms with E-state index in [1.54, 1.807) is 17.0 Å². The lowest BCUT2D eigenvalue weighted by Crippen LogP contribution is -2.46. The number of benzene rings is 1. The molecule has 1 heterocycles. The first-order valence-corrected chi connectivity index (χ1v) is 8.42. The van der Waals surface area contributed by atoms with Crippen LogP contribution in [0.3, 0.4) is 0 Å². The van der Waals surface area contributed by atoms with Gasteiger partial charge in [0.15, 0.2) is 0 Å². The van der Waals surface area contributed by atoms with Crippen LogP contribution in [0.5, 0.6) is 0 Å². The first-order valence-electron chi connectivity index (χ1n) is 8.04. The molecule has 1 saturated heterocycles. The van der Waals surface area contributed by atoms with E-state index >= 15 is 0 Å². The maximum atomic E-state index is 12.5. The molecular weight excluding hydrogens is 318 g/mol. The van der Waals surface area contributed by atoms with Gasteiger partial charge in [-0.2, -0.15) is 0 Å². The highest BCUT2D eigenvalue weighted by atomic mass is 35.5. The van der Waals surface area contributed by atoms with Gasteiger partial charge in [-0.15, -0.1) is 0 Å². The lowest BCUT2D eigenvalue weighted by Gasteiger charge is -2.39. The van der Waals surface area contributed by atoms with Crippen molar-refractivity contribution in [2.75, 3.05) is 24.5 Å². The van der Waals surface area contributed by atoms with Gasteiger partial charge >= 0.3 is 0 Å². The van der Waals surface area contributed by atoms with E-state index in [2.05, 4.69) is 4.90 Å². The molecule has 1 aromatic rings. The van der Waals surface area contributed by atoms with E-state index in [-0.39, 0.29) is 11.6 Å². The molecule has 124 valence electrons. The van der Waals surface area contributed by atoms with E-state index in [1.807, 2.05) is 0 Å². The van der Waals surface area contributed by atoms with Crippen LogP contribution < -0.4 is 4.90 Å². The lowest BCUT2D eigenvalue weighted by atomic mass is 9.91. The van der Waals surface area contributed by atoms with Crippen LogP contribution in [-0.4, -0.2) is 41.4 Å². The van der Waals surface area contributed by atoms with Crippen molar-refractivity contribution in [1.29, 1.82) is 0 Å². The summed E-state index contributed by atoms with van der Waals surface area (Å²) in [5.74, 6) is -0.0561. The van der Waals surface area contributed by atoms with Crippen molar-refractivity contribution in [3.8, 4) is 0 Å². The Morgan fingerprint density at radius 2 is 1.96 bits per heavy atom. The molecular formula is C16H20ClN3O3. The molecule has 1 amide bonds. The van der Waals surface area contributed by atoms with Crippen LogP contribution in [0.1, 0.15) is 32.1 Å². The normalized spacial score (nSPS) is 20.7. The van der Waals surface area contributed by atoms with Gasteiger partial charge in [-0.05, 0) is 31.4 Å². The summed E-state index contributed by atoms with van der Waals surface area (Å²) >= 11 is 5.86. The quantitative estimate of drug-likeness (QED) is 0.627. The van der Waals surface area contributed by atoms with E-state index in [0.29, 0.717) is 29.7 Å².